The van der Waals surface area contributed by atoms with Crippen LogP contribution in [-0.4, -0.2) is 18.6 Å². The molecule has 1 aliphatic rings. The number of halogens is 1. The standard InChI is InChI=1S/C15H22FNS/c1-11-3-4-13(10-14(11)16)15(17-2)9-12-5-7-18-8-6-12/h3-4,10,12,15,17H,5-9H2,1-2H3. The fraction of sp³-hybridized carbons (Fsp3) is 0.600. The molecule has 1 aromatic rings. The fourth-order valence-electron chi connectivity index (χ4n) is 2.56. The van der Waals surface area contributed by atoms with Crippen LogP contribution in [0.2, 0.25) is 0 Å². The summed E-state index contributed by atoms with van der Waals surface area (Å²) in [6.07, 6.45) is 3.73. The largest absolute Gasteiger partial charge is 0.313 e. The molecule has 1 atom stereocenters. The van der Waals surface area contributed by atoms with Gasteiger partial charge < -0.3 is 5.32 Å². The van der Waals surface area contributed by atoms with Gasteiger partial charge in [0, 0.05) is 6.04 Å². The maximum absolute atomic E-state index is 13.6. The van der Waals surface area contributed by atoms with Crippen LogP contribution in [0.25, 0.3) is 0 Å². The van der Waals surface area contributed by atoms with E-state index in [-0.39, 0.29) is 11.9 Å². The Kier molecular flexibility index (Phi) is 5.07. The first kappa shape index (κ1) is 13.9. The zero-order valence-electron chi connectivity index (χ0n) is 11.2. The SMILES string of the molecule is CNC(CC1CCSCC1)c1ccc(C)c(F)c1. The van der Waals surface area contributed by atoms with Crippen molar-refractivity contribution in [3.05, 3.63) is 35.1 Å². The first-order valence-electron chi connectivity index (χ1n) is 6.71. The second-order valence-electron chi connectivity index (χ2n) is 5.14. The summed E-state index contributed by atoms with van der Waals surface area (Å²) < 4.78 is 13.6. The number of hydrogen-bond acceptors (Lipinski definition) is 2. The van der Waals surface area contributed by atoms with Crippen LogP contribution in [0.1, 0.15) is 36.4 Å². The third-order valence-electron chi connectivity index (χ3n) is 3.86. The lowest BCUT2D eigenvalue weighted by Crippen LogP contribution is -2.22. The van der Waals surface area contributed by atoms with Crippen LogP contribution in [-0.2, 0) is 0 Å². The van der Waals surface area contributed by atoms with E-state index in [0.717, 1.165) is 23.5 Å². The van der Waals surface area contributed by atoms with E-state index in [0.29, 0.717) is 0 Å². The zero-order valence-corrected chi connectivity index (χ0v) is 12.0. The molecular formula is C15H22FNS. The molecule has 0 aliphatic carbocycles. The van der Waals surface area contributed by atoms with E-state index in [1.54, 1.807) is 6.07 Å². The molecule has 1 saturated heterocycles. The Morgan fingerprint density at radius 2 is 2.11 bits per heavy atom. The Labute approximate surface area is 114 Å². The highest BCUT2D eigenvalue weighted by atomic mass is 32.2. The van der Waals surface area contributed by atoms with Gasteiger partial charge in [0.1, 0.15) is 5.82 Å². The monoisotopic (exact) mass is 267 g/mol. The predicted molar refractivity (Wildman–Crippen MR) is 77.6 cm³/mol. The molecule has 0 spiro atoms. The molecule has 0 radical (unpaired) electrons. The van der Waals surface area contributed by atoms with Crippen LogP contribution in [0.4, 0.5) is 4.39 Å². The summed E-state index contributed by atoms with van der Waals surface area (Å²) >= 11 is 2.05. The Hall–Kier alpha value is -0.540. The van der Waals surface area contributed by atoms with E-state index < -0.39 is 0 Å². The van der Waals surface area contributed by atoms with E-state index >= 15 is 0 Å². The molecule has 0 amide bonds. The maximum atomic E-state index is 13.6. The van der Waals surface area contributed by atoms with Gasteiger partial charge in [-0.2, -0.15) is 11.8 Å². The molecule has 0 saturated carbocycles. The normalized spacial score (nSPS) is 18.8. The highest BCUT2D eigenvalue weighted by molar-refractivity contribution is 7.99. The first-order chi connectivity index (χ1) is 8.70. The van der Waals surface area contributed by atoms with Crippen molar-refractivity contribution in [2.45, 2.75) is 32.2 Å². The summed E-state index contributed by atoms with van der Waals surface area (Å²) in [7, 11) is 1.97. The Balaban J connectivity index is 2.04. The Morgan fingerprint density at radius 1 is 1.39 bits per heavy atom. The Bertz CT molecular complexity index is 388. The summed E-state index contributed by atoms with van der Waals surface area (Å²) in [6.45, 7) is 1.81. The van der Waals surface area contributed by atoms with Gasteiger partial charge in [0.25, 0.3) is 0 Å². The van der Waals surface area contributed by atoms with Gasteiger partial charge in [0.15, 0.2) is 0 Å². The minimum absolute atomic E-state index is 0.0908. The molecular weight excluding hydrogens is 245 g/mol. The molecule has 0 bridgehead atoms. The van der Waals surface area contributed by atoms with Gasteiger partial charge in [-0.1, -0.05) is 12.1 Å². The van der Waals surface area contributed by atoms with E-state index in [1.807, 2.05) is 20.0 Å². The number of rotatable bonds is 4. The third-order valence-corrected chi connectivity index (χ3v) is 4.91. The van der Waals surface area contributed by atoms with Gasteiger partial charge >= 0.3 is 0 Å². The number of thioether (sulfide) groups is 1. The molecule has 0 aromatic heterocycles. The van der Waals surface area contributed by atoms with Crippen LogP contribution in [0.5, 0.6) is 0 Å². The van der Waals surface area contributed by atoms with Crippen molar-refractivity contribution >= 4 is 11.8 Å². The van der Waals surface area contributed by atoms with Gasteiger partial charge in [-0.3, -0.25) is 0 Å². The quantitative estimate of drug-likeness (QED) is 0.887. The number of hydrogen-bond donors (Lipinski definition) is 1. The van der Waals surface area contributed by atoms with Gasteiger partial charge in [-0.15, -0.1) is 0 Å². The van der Waals surface area contributed by atoms with Crippen molar-refractivity contribution in [2.75, 3.05) is 18.6 Å². The minimum Gasteiger partial charge on any atom is -0.313 e. The smallest absolute Gasteiger partial charge is 0.126 e. The van der Waals surface area contributed by atoms with Crippen LogP contribution in [0.3, 0.4) is 0 Å². The highest BCUT2D eigenvalue weighted by Gasteiger charge is 2.19. The maximum Gasteiger partial charge on any atom is 0.126 e. The van der Waals surface area contributed by atoms with Crippen molar-refractivity contribution in [1.29, 1.82) is 0 Å². The third kappa shape index (κ3) is 3.48. The second-order valence-corrected chi connectivity index (χ2v) is 6.37. The lowest BCUT2D eigenvalue weighted by molar-refractivity contribution is 0.383. The van der Waals surface area contributed by atoms with E-state index in [2.05, 4.69) is 23.1 Å². The molecule has 1 aliphatic heterocycles. The molecule has 100 valence electrons. The minimum atomic E-state index is -0.0908. The number of aryl methyl sites for hydroxylation is 1. The molecule has 1 unspecified atom stereocenters. The molecule has 1 N–H and O–H groups in total. The summed E-state index contributed by atoms with van der Waals surface area (Å²) in [5, 5.41) is 3.34. The van der Waals surface area contributed by atoms with Crippen LogP contribution >= 0.6 is 11.8 Å². The summed E-state index contributed by atoms with van der Waals surface area (Å²) in [5.74, 6) is 3.26. The molecule has 1 aromatic carbocycles. The van der Waals surface area contributed by atoms with E-state index in [9.17, 15) is 4.39 Å². The molecule has 3 heteroatoms. The second kappa shape index (κ2) is 6.58. The topological polar surface area (TPSA) is 12.0 Å². The van der Waals surface area contributed by atoms with Crippen molar-refractivity contribution in [1.82, 2.24) is 5.32 Å². The molecule has 1 nitrogen and oxygen atoms in total. The lowest BCUT2D eigenvalue weighted by Gasteiger charge is -2.26. The number of nitrogens with one attached hydrogen (secondary N) is 1. The van der Waals surface area contributed by atoms with Crippen LogP contribution in [0.15, 0.2) is 18.2 Å². The van der Waals surface area contributed by atoms with Crippen molar-refractivity contribution in [2.24, 2.45) is 5.92 Å². The van der Waals surface area contributed by atoms with Crippen molar-refractivity contribution in [3.8, 4) is 0 Å². The average Bonchev–Trinajstić information content (AvgIpc) is 2.40. The average molecular weight is 267 g/mol. The van der Waals surface area contributed by atoms with Gasteiger partial charge in [-0.25, -0.2) is 4.39 Å². The number of benzene rings is 1. The van der Waals surface area contributed by atoms with Crippen LogP contribution in [0, 0.1) is 18.7 Å². The summed E-state index contributed by atoms with van der Waals surface area (Å²) in [6, 6.07) is 5.91. The highest BCUT2D eigenvalue weighted by Crippen LogP contribution is 2.31. The molecule has 1 fully saturated rings. The fourth-order valence-corrected chi connectivity index (χ4v) is 3.77. The first-order valence-corrected chi connectivity index (χ1v) is 7.87. The molecule has 2 rings (SSSR count). The lowest BCUT2D eigenvalue weighted by atomic mass is 9.90. The summed E-state index contributed by atoms with van der Waals surface area (Å²) in [4.78, 5) is 0. The van der Waals surface area contributed by atoms with Crippen molar-refractivity contribution in [3.63, 3.8) is 0 Å². The van der Waals surface area contributed by atoms with Gasteiger partial charge in [-0.05, 0) is 67.9 Å². The summed E-state index contributed by atoms with van der Waals surface area (Å²) in [5.41, 5.74) is 1.81. The van der Waals surface area contributed by atoms with E-state index in [1.165, 1.54) is 24.3 Å². The van der Waals surface area contributed by atoms with E-state index in [4.69, 9.17) is 0 Å². The van der Waals surface area contributed by atoms with Gasteiger partial charge in [0.05, 0.1) is 0 Å². The van der Waals surface area contributed by atoms with Gasteiger partial charge in [0.2, 0.25) is 0 Å². The van der Waals surface area contributed by atoms with Crippen LogP contribution < -0.4 is 5.32 Å². The molecule has 1 heterocycles. The zero-order chi connectivity index (χ0) is 13.0. The Morgan fingerprint density at radius 3 is 2.72 bits per heavy atom. The predicted octanol–water partition coefficient (Wildman–Crippen LogP) is 3.93. The van der Waals surface area contributed by atoms with Crippen molar-refractivity contribution < 1.29 is 4.39 Å². The molecule has 18 heavy (non-hydrogen) atoms.